The molecule has 0 spiro atoms. The van der Waals surface area contributed by atoms with E-state index in [9.17, 15) is 34.2 Å². The van der Waals surface area contributed by atoms with Crippen molar-refractivity contribution in [2.24, 2.45) is 5.16 Å². The number of carboxylic acid groups (broad SMARTS) is 2. The highest BCUT2D eigenvalue weighted by Gasteiger charge is 2.54. The van der Waals surface area contributed by atoms with Gasteiger partial charge < -0.3 is 26.1 Å². The standard InChI is InChI=1S/C26H20N10O8S3/c1-10-5-14(36-26(29-10)32-18(33-36)23(41)42)45-7-12-8-46-21-16(20(38)35(21)17(12)22(39)40)31-19(37)15(13-9-47-25(27)30-13)34-44-24(43)11-3-2-4-28-6-11/h2-6,9,16,21H,7-8H2,1H3,(H2,27,30)(H,31,37)(H,39,40)(H,41,42)/b34-15-/t16-,21-/m1/s1. The van der Waals surface area contributed by atoms with Gasteiger partial charge in [0.25, 0.3) is 23.4 Å². The van der Waals surface area contributed by atoms with Crippen molar-refractivity contribution in [2.45, 2.75) is 23.4 Å². The number of nitrogens with zero attached hydrogens (tertiary/aromatic N) is 8. The van der Waals surface area contributed by atoms with Gasteiger partial charge in [-0.15, -0.1) is 40.0 Å². The molecule has 6 rings (SSSR count). The Morgan fingerprint density at radius 2 is 2.02 bits per heavy atom. The maximum absolute atomic E-state index is 13.4. The number of thiazole rings is 1. The van der Waals surface area contributed by atoms with Crippen molar-refractivity contribution >= 4 is 81.2 Å². The van der Waals surface area contributed by atoms with Crippen LogP contribution in [0, 0.1) is 6.92 Å². The van der Waals surface area contributed by atoms with Crippen molar-refractivity contribution < 1.29 is 39.0 Å². The number of aromatic carboxylic acids is 1. The van der Waals surface area contributed by atoms with Gasteiger partial charge in [-0.1, -0.05) is 5.16 Å². The lowest BCUT2D eigenvalue weighted by Gasteiger charge is -2.49. The van der Waals surface area contributed by atoms with Gasteiger partial charge in [-0.05, 0) is 30.7 Å². The summed E-state index contributed by atoms with van der Waals surface area (Å²) in [6.07, 6.45) is 2.71. The molecule has 0 bridgehead atoms. The van der Waals surface area contributed by atoms with Crippen LogP contribution in [0.25, 0.3) is 5.78 Å². The minimum Gasteiger partial charge on any atom is -0.477 e. The number of anilines is 1. The summed E-state index contributed by atoms with van der Waals surface area (Å²) in [5.74, 6) is -5.18. The van der Waals surface area contributed by atoms with Crippen LogP contribution in [0.1, 0.15) is 32.4 Å². The number of carbonyl (C=O) groups excluding carboxylic acids is 3. The third-order valence-corrected chi connectivity index (χ3v) is 9.72. The van der Waals surface area contributed by atoms with Crippen LogP contribution in [0.3, 0.4) is 0 Å². The number of aliphatic carboxylic acids is 1. The average Bonchev–Trinajstić information content (AvgIpc) is 3.68. The summed E-state index contributed by atoms with van der Waals surface area (Å²) in [6, 6.07) is 3.48. The topological polar surface area (TPSA) is 258 Å². The molecule has 5 N–H and O–H groups in total. The molecule has 4 aromatic heterocycles. The zero-order valence-corrected chi connectivity index (χ0v) is 26.2. The summed E-state index contributed by atoms with van der Waals surface area (Å²) in [5.41, 5.74) is 6.11. The van der Waals surface area contributed by atoms with Gasteiger partial charge in [-0.25, -0.2) is 24.4 Å². The Balaban J connectivity index is 1.19. The maximum atomic E-state index is 13.4. The Hall–Kier alpha value is -5.41. The lowest BCUT2D eigenvalue weighted by Crippen LogP contribution is -2.71. The predicted octanol–water partition coefficient (Wildman–Crippen LogP) is 0.657. The number of rotatable bonds is 10. The maximum Gasteiger partial charge on any atom is 0.375 e. The first-order chi connectivity index (χ1) is 22.5. The molecular formula is C26H20N10O8S3. The first kappa shape index (κ1) is 31.6. The molecule has 2 amide bonds. The molecule has 0 aliphatic carbocycles. The molecule has 240 valence electrons. The van der Waals surface area contributed by atoms with Crippen LogP contribution in [-0.2, 0) is 19.2 Å². The number of hydrogen-bond acceptors (Lipinski definition) is 16. The van der Waals surface area contributed by atoms with Gasteiger partial charge >= 0.3 is 17.9 Å². The molecule has 0 unspecified atom stereocenters. The third-order valence-electron chi connectivity index (χ3n) is 6.63. The largest absolute Gasteiger partial charge is 0.477 e. The second kappa shape index (κ2) is 12.8. The van der Waals surface area contributed by atoms with Gasteiger partial charge in [0.2, 0.25) is 0 Å². The predicted molar refractivity (Wildman–Crippen MR) is 166 cm³/mol. The first-order valence-corrected chi connectivity index (χ1v) is 16.1. The molecule has 0 radical (unpaired) electrons. The van der Waals surface area contributed by atoms with Crippen LogP contribution in [0.5, 0.6) is 0 Å². The lowest BCUT2D eigenvalue weighted by atomic mass is 10.0. The fourth-order valence-electron chi connectivity index (χ4n) is 4.54. The van der Waals surface area contributed by atoms with Crippen LogP contribution in [0.4, 0.5) is 5.13 Å². The molecule has 21 heteroatoms. The number of nitrogen functional groups attached to an aromatic ring is 1. The van der Waals surface area contributed by atoms with E-state index in [2.05, 4.69) is 35.5 Å². The van der Waals surface area contributed by atoms with Crippen molar-refractivity contribution in [3.05, 3.63) is 70.0 Å². The van der Waals surface area contributed by atoms with Crippen molar-refractivity contribution in [3.63, 3.8) is 0 Å². The number of carbonyl (C=O) groups is 5. The number of fused-ring (bicyclic) bond motifs is 2. The minimum atomic E-state index is -1.34. The van der Waals surface area contributed by atoms with Gasteiger partial charge in [0, 0.05) is 35.0 Å². The third kappa shape index (κ3) is 6.22. The first-order valence-electron chi connectivity index (χ1n) is 13.2. The molecule has 6 heterocycles. The second-order valence-electron chi connectivity index (χ2n) is 9.73. The van der Waals surface area contributed by atoms with Crippen LogP contribution in [-0.4, -0.2) is 103 Å². The van der Waals surface area contributed by atoms with E-state index in [4.69, 9.17) is 10.6 Å². The number of nitrogens with two attached hydrogens (primary N) is 1. The molecule has 2 aliphatic heterocycles. The minimum absolute atomic E-state index is 0.00217. The van der Waals surface area contributed by atoms with Crippen LogP contribution < -0.4 is 11.1 Å². The van der Waals surface area contributed by atoms with Crippen LogP contribution >= 0.6 is 34.9 Å². The van der Waals surface area contributed by atoms with Crippen molar-refractivity contribution in [1.82, 2.24) is 39.8 Å². The number of carboxylic acids is 2. The average molecular weight is 697 g/mol. The lowest BCUT2D eigenvalue weighted by molar-refractivity contribution is -0.150. The molecule has 0 saturated carbocycles. The molecule has 2 aliphatic rings. The fraction of sp³-hybridized carbons (Fsp3) is 0.192. The van der Waals surface area contributed by atoms with Gasteiger partial charge in [-0.3, -0.25) is 19.5 Å². The van der Waals surface area contributed by atoms with Crippen molar-refractivity contribution in [3.8, 4) is 0 Å². The van der Waals surface area contributed by atoms with E-state index in [0.717, 1.165) is 16.2 Å². The number of aryl methyl sites for hydroxylation is 1. The molecule has 4 aromatic rings. The summed E-state index contributed by atoms with van der Waals surface area (Å²) >= 11 is 3.43. The molecule has 2 atom stereocenters. The van der Waals surface area contributed by atoms with Crippen LogP contribution in [0.15, 0.2) is 57.4 Å². The number of pyridine rings is 1. The number of β-lactam (4-membered cyclic amide) rings is 1. The summed E-state index contributed by atoms with van der Waals surface area (Å²) in [5, 5.41) is 30.8. The summed E-state index contributed by atoms with van der Waals surface area (Å²) in [4.78, 5) is 84.8. The number of hydrogen-bond donors (Lipinski definition) is 4. The number of thioether (sulfide) groups is 2. The molecule has 47 heavy (non-hydrogen) atoms. The van der Waals surface area contributed by atoms with Gasteiger partial charge in [-0.2, -0.15) is 9.50 Å². The Bertz CT molecular complexity index is 2030. The van der Waals surface area contributed by atoms with E-state index < -0.39 is 52.7 Å². The van der Waals surface area contributed by atoms with Gasteiger partial charge in [0.05, 0.1) is 5.56 Å². The molecular weight excluding hydrogens is 677 g/mol. The second-order valence-corrected chi connectivity index (χ2v) is 12.7. The van der Waals surface area contributed by atoms with E-state index in [0.29, 0.717) is 16.3 Å². The smallest absolute Gasteiger partial charge is 0.375 e. The Morgan fingerprint density at radius 1 is 1.21 bits per heavy atom. The van der Waals surface area contributed by atoms with Gasteiger partial charge in [0.15, 0.2) is 10.8 Å². The van der Waals surface area contributed by atoms with E-state index in [1.165, 1.54) is 57.9 Å². The van der Waals surface area contributed by atoms with Crippen molar-refractivity contribution in [1.29, 1.82) is 0 Å². The van der Waals surface area contributed by atoms with E-state index >= 15 is 0 Å². The monoisotopic (exact) mass is 696 g/mol. The number of oxime groups is 1. The molecule has 1 fully saturated rings. The zero-order valence-electron chi connectivity index (χ0n) is 23.8. The molecule has 18 nitrogen and oxygen atoms in total. The Labute approximate surface area is 275 Å². The van der Waals surface area contributed by atoms with Crippen LogP contribution in [0.2, 0.25) is 0 Å². The SMILES string of the molecule is Cc1cc(SCC2=C(C(=O)O)N3C(=O)[C@@H](NC(=O)/C(=N\OC(=O)c4cccnc4)c4csc(N)n4)[C@H]3SC2)n2nc(C(=O)O)nc2n1. The summed E-state index contributed by atoms with van der Waals surface area (Å²) < 4.78 is 1.25. The van der Waals surface area contributed by atoms with E-state index in [-0.39, 0.29) is 39.4 Å². The molecule has 1 saturated heterocycles. The van der Waals surface area contributed by atoms with E-state index in [1.807, 2.05) is 0 Å². The van der Waals surface area contributed by atoms with Crippen molar-refractivity contribution in [2.75, 3.05) is 17.2 Å². The summed E-state index contributed by atoms with van der Waals surface area (Å²) in [6.45, 7) is 1.69. The summed E-state index contributed by atoms with van der Waals surface area (Å²) in [7, 11) is 0. The van der Waals surface area contributed by atoms with E-state index in [1.54, 1.807) is 13.0 Å². The highest BCUT2D eigenvalue weighted by molar-refractivity contribution is 8.01. The highest BCUT2D eigenvalue weighted by atomic mass is 32.2. The highest BCUT2D eigenvalue weighted by Crippen LogP contribution is 2.41. The fourth-order valence-corrected chi connectivity index (χ4v) is 7.62. The number of amides is 2. The number of aromatic nitrogens is 6. The Kier molecular flexibility index (Phi) is 8.58. The van der Waals surface area contributed by atoms with Gasteiger partial charge in [0.1, 0.15) is 27.8 Å². The Morgan fingerprint density at radius 3 is 2.70 bits per heavy atom. The quantitative estimate of drug-likeness (QED) is 0.0443. The normalized spacial score (nSPS) is 17.7. The number of nitrogens with one attached hydrogen (secondary N) is 1. The zero-order chi connectivity index (χ0) is 33.4. The molecule has 0 aromatic carbocycles.